The van der Waals surface area contributed by atoms with Crippen LogP contribution >= 0.6 is 0 Å². The number of rotatable bonds is 5. The van der Waals surface area contributed by atoms with Gasteiger partial charge in [-0.3, -0.25) is 10.1 Å². The van der Waals surface area contributed by atoms with Gasteiger partial charge in [-0.1, -0.05) is 0 Å². The highest BCUT2D eigenvalue weighted by atomic mass is 19.3. The lowest BCUT2D eigenvalue weighted by Gasteiger charge is -2.08. The number of anilines is 1. The molecule has 3 aromatic rings. The molecule has 0 saturated heterocycles. The van der Waals surface area contributed by atoms with Crippen LogP contribution in [0, 0.1) is 5.82 Å². The molecule has 1 amide bonds. The SMILES string of the molecule is O=C(Nc1nc2ccc(F)cn2n1)c1cccnc1OCC(F)F. The Morgan fingerprint density at radius 3 is 2.96 bits per heavy atom. The van der Waals surface area contributed by atoms with Gasteiger partial charge in [-0.25, -0.2) is 22.7 Å². The number of carbonyl (C=O) groups excluding carboxylic acids is 1. The molecule has 7 nitrogen and oxygen atoms in total. The van der Waals surface area contributed by atoms with E-state index in [0.29, 0.717) is 5.65 Å². The first-order valence-corrected chi connectivity index (χ1v) is 6.72. The molecule has 0 saturated carbocycles. The maximum atomic E-state index is 13.1. The van der Waals surface area contributed by atoms with Gasteiger partial charge < -0.3 is 4.74 Å². The zero-order chi connectivity index (χ0) is 17.1. The Morgan fingerprint density at radius 2 is 2.17 bits per heavy atom. The van der Waals surface area contributed by atoms with Gasteiger partial charge in [0, 0.05) is 6.20 Å². The molecular formula is C14H10F3N5O2. The van der Waals surface area contributed by atoms with Gasteiger partial charge in [0.05, 0.1) is 6.20 Å². The van der Waals surface area contributed by atoms with Gasteiger partial charge in [-0.15, -0.1) is 5.10 Å². The fourth-order valence-corrected chi connectivity index (χ4v) is 1.90. The molecule has 0 aliphatic heterocycles. The fraction of sp³-hybridized carbons (Fsp3) is 0.143. The summed E-state index contributed by atoms with van der Waals surface area (Å²) in [4.78, 5) is 20.0. The molecular weight excluding hydrogens is 327 g/mol. The minimum absolute atomic E-state index is 0.0526. The Balaban J connectivity index is 1.81. The van der Waals surface area contributed by atoms with Gasteiger partial charge in [0.1, 0.15) is 11.4 Å². The highest BCUT2D eigenvalue weighted by Gasteiger charge is 2.17. The summed E-state index contributed by atoms with van der Waals surface area (Å²) in [5.41, 5.74) is 0.273. The van der Waals surface area contributed by atoms with Crippen molar-refractivity contribution in [2.24, 2.45) is 0 Å². The van der Waals surface area contributed by atoms with E-state index in [1.807, 2.05) is 0 Å². The second kappa shape index (κ2) is 6.52. The van der Waals surface area contributed by atoms with E-state index in [2.05, 4.69) is 20.4 Å². The first kappa shape index (κ1) is 15.7. The lowest BCUT2D eigenvalue weighted by atomic mass is 10.2. The molecule has 0 bridgehead atoms. The Bertz CT molecular complexity index is 884. The number of hydrogen-bond donors (Lipinski definition) is 1. The number of ether oxygens (including phenoxy) is 1. The van der Waals surface area contributed by atoms with Crippen molar-refractivity contribution in [3.63, 3.8) is 0 Å². The van der Waals surface area contributed by atoms with Crippen molar-refractivity contribution in [1.82, 2.24) is 19.6 Å². The molecule has 0 unspecified atom stereocenters. The third kappa shape index (κ3) is 3.42. The molecule has 24 heavy (non-hydrogen) atoms. The molecule has 0 fully saturated rings. The zero-order valence-electron chi connectivity index (χ0n) is 12.0. The average molecular weight is 337 g/mol. The lowest BCUT2D eigenvalue weighted by Crippen LogP contribution is -2.17. The Labute approximate surface area is 133 Å². The molecule has 0 atom stereocenters. The predicted molar refractivity (Wildman–Crippen MR) is 76.6 cm³/mol. The van der Waals surface area contributed by atoms with Crippen LogP contribution in [0.5, 0.6) is 5.88 Å². The van der Waals surface area contributed by atoms with Gasteiger partial charge in [-0.2, -0.15) is 4.98 Å². The van der Waals surface area contributed by atoms with E-state index in [9.17, 15) is 18.0 Å². The number of carbonyl (C=O) groups is 1. The maximum absolute atomic E-state index is 13.1. The van der Waals surface area contributed by atoms with Crippen molar-refractivity contribution >= 4 is 17.5 Å². The second-order valence-electron chi connectivity index (χ2n) is 4.60. The molecule has 0 aliphatic rings. The number of aromatic nitrogens is 4. The van der Waals surface area contributed by atoms with Crippen LogP contribution in [0.1, 0.15) is 10.4 Å². The van der Waals surface area contributed by atoms with Crippen LogP contribution in [-0.4, -0.2) is 38.5 Å². The van der Waals surface area contributed by atoms with Crippen LogP contribution in [0.25, 0.3) is 5.65 Å². The highest BCUT2D eigenvalue weighted by Crippen LogP contribution is 2.17. The lowest BCUT2D eigenvalue weighted by molar-refractivity contribution is 0.0780. The van der Waals surface area contributed by atoms with Crippen molar-refractivity contribution in [2.45, 2.75) is 6.43 Å². The summed E-state index contributed by atoms with van der Waals surface area (Å²) in [6, 6.07) is 5.40. The summed E-state index contributed by atoms with van der Waals surface area (Å²) in [6.45, 7) is -0.886. The van der Waals surface area contributed by atoms with Crippen LogP contribution in [-0.2, 0) is 0 Å². The molecule has 124 valence electrons. The van der Waals surface area contributed by atoms with E-state index in [1.54, 1.807) is 0 Å². The van der Waals surface area contributed by atoms with Gasteiger partial charge >= 0.3 is 0 Å². The number of hydrogen-bond acceptors (Lipinski definition) is 5. The van der Waals surface area contributed by atoms with E-state index in [4.69, 9.17) is 4.74 Å². The van der Waals surface area contributed by atoms with Crippen LogP contribution in [0.2, 0.25) is 0 Å². The van der Waals surface area contributed by atoms with Crippen molar-refractivity contribution < 1.29 is 22.7 Å². The van der Waals surface area contributed by atoms with Crippen LogP contribution in [0.3, 0.4) is 0 Å². The van der Waals surface area contributed by atoms with E-state index in [0.717, 1.165) is 10.7 Å². The summed E-state index contributed by atoms with van der Waals surface area (Å²) < 4.78 is 43.6. The Hall–Kier alpha value is -3.17. The van der Waals surface area contributed by atoms with Crippen LogP contribution in [0.15, 0.2) is 36.7 Å². The van der Waals surface area contributed by atoms with Crippen molar-refractivity contribution in [3.05, 3.63) is 48.0 Å². The number of pyridine rings is 2. The summed E-state index contributed by atoms with van der Waals surface area (Å²) in [6.07, 6.45) is -0.291. The van der Waals surface area contributed by atoms with Gasteiger partial charge in [0.2, 0.25) is 11.8 Å². The normalized spacial score (nSPS) is 11.0. The molecule has 3 aromatic heterocycles. The molecule has 1 N–H and O–H groups in total. The summed E-state index contributed by atoms with van der Waals surface area (Å²) in [5.74, 6) is -1.51. The van der Waals surface area contributed by atoms with Crippen LogP contribution < -0.4 is 10.1 Å². The summed E-state index contributed by atoms with van der Waals surface area (Å²) in [5, 5.41) is 6.28. The molecule has 0 spiro atoms. The monoisotopic (exact) mass is 337 g/mol. The molecule has 0 aliphatic carbocycles. The number of nitrogens with zero attached hydrogens (tertiary/aromatic N) is 4. The van der Waals surface area contributed by atoms with Gasteiger partial charge in [-0.05, 0) is 24.3 Å². The smallest absolute Gasteiger partial charge is 0.272 e. The molecule has 3 heterocycles. The second-order valence-corrected chi connectivity index (χ2v) is 4.60. The molecule has 10 heteroatoms. The quantitative estimate of drug-likeness (QED) is 0.772. The molecule has 0 radical (unpaired) electrons. The Morgan fingerprint density at radius 1 is 1.33 bits per heavy atom. The van der Waals surface area contributed by atoms with Gasteiger partial charge in [0.25, 0.3) is 12.3 Å². The Kier molecular flexibility index (Phi) is 4.27. The minimum Gasteiger partial charge on any atom is -0.471 e. The number of amides is 1. The average Bonchev–Trinajstić information content (AvgIpc) is 2.94. The number of halogens is 3. The van der Waals surface area contributed by atoms with E-state index in [1.165, 1.54) is 30.5 Å². The largest absolute Gasteiger partial charge is 0.471 e. The topological polar surface area (TPSA) is 81.4 Å². The van der Waals surface area contributed by atoms with Gasteiger partial charge in [0.15, 0.2) is 12.3 Å². The van der Waals surface area contributed by atoms with E-state index >= 15 is 0 Å². The fourth-order valence-electron chi connectivity index (χ4n) is 1.90. The zero-order valence-corrected chi connectivity index (χ0v) is 12.0. The first-order valence-electron chi connectivity index (χ1n) is 6.72. The molecule has 3 rings (SSSR count). The van der Waals surface area contributed by atoms with Crippen molar-refractivity contribution in [1.29, 1.82) is 0 Å². The minimum atomic E-state index is -2.70. The number of alkyl halides is 2. The number of fused-ring (bicyclic) bond motifs is 1. The standard InChI is InChI=1S/C14H10F3N5O2/c15-8-3-4-11-19-14(21-22(11)6-8)20-12(23)9-2-1-5-18-13(9)24-7-10(16)17/h1-6,10H,7H2,(H,20,21,23). The predicted octanol–water partition coefficient (Wildman–Crippen LogP) is 2.16. The highest BCUT2D eigenvalue weighted by molar-refractivity contribution is 6.05. The van der Waals surface area contributed by atoms with Crippen LogP contribution in [0.4, 0.5) is 19.1 Å². The molecule has 0 aromatic carbocycles. The van der Waals surface area contributed by atoms with Crippen molar-refractivity contribution in [3.8, 4) is 5.88 Å². The first-order chi connectivity index (χ1) is 11.5. The maximum Gasteiger partial charge on any atom is 0.272 e. The van der Waals surface area contributed by atoms with E-state index in [-0.39, 0.29) is 17.4 Å². The third-order valence-corrected chi connectivity index (χ3v) is 2.88. The number of nitrogens with one attached hydrogen (secondary N) is 1. The summed E-state index contributed by atoms with van der Waals surface area (Å²) in [7, 11) is 0. The third-order valence-electron chi connectivity index (χ3n) is 2.88. The van der Waals surface area contributed by atoms with Crippen molar-refractivity contribution in [2.75, 3.05) is 11.9 Å². The summed E-state index contributed by atoms with van der Waals surface area (Å²) >= 11 is 0. The van der Waals surface area contributed by atoms with E-state index < -0.39 is 24.8 Å².